The van der Waals surface area contributed by atoms with Crippen LogP contribution in [-0.2, 0) is 9.47 Å². The predicted molar refractivity (Wildman–Crippen MR) is 56.3 cm³/mol. The predicted octanol–water partition coefficient (Wildman–Crippen LogP) is 0.291. The molecule has 1 rings (SSSR count). The number of hydrogen-bond donors (Lipinski definition) is 1. The lowest BCUT2D eigenvalue weighted by molar-refractivity contribution is -0.275. The van der Waals surface area contributed by atoms with E-state index in [1.807, 2.05) is 0 Å². The van der Waals surface area contributed by atoms with Gasteiger partial charge in [-0.15, -0.1) is 0 Å². The number of likely N-dealkylation sites (tertiary alicyclic amines) is 1. The maximum Gasteiger partial charge on any atom is 0.193 e. The van der Waals surface area contributed by atoms with Crippen LogP contribution in [0.2, 0.25) is 0 Å². The van der Waals surface area contributed by atoms with Gasteiger partial charge in [0, 0.05) is 14.2 Å². The average molecular weight is 202 g/mol. The van der Waals surface area contributed by atoms with Crippen LogP contribution in [0.1, 0.15) is 13.3 Å². The molecule has 0 aliphatic carbocycles. The molecule has 0 saturated carbocycles. The van der Waals surface area contributed by atoms with Gasteiger partial charge < -0.3 is 14.8 Å². The van der Waals surface area contributed by atoms with Gasteiger partial charge in [0.2, 0.25) is 0 Å². The Kier molecular flexibility index (Phi) is 4.81. The van der Waals surface area contributed by atoms with Crippen molar-refractivity contribution in [3.8, 4) is 0 Å². The van der Waals surface area contributed by atoms with E-state index in [4.69, 9.17) is 9.47 Å². The van der Waals surface area contributed by atoms with E-state index in [1.165, 1.54) is 6.42 Å². The van der Waals surface area contributed by atoms with E-state index in [1.54, 1.807) is 14.2 Å². The number of methoxy groups -OCH3 is 2. The summed E-state index contributed by atoms with van der Waals surface area (Å²) < 4.78 is 10.6. The molecule has 0 spiro atoms. The number of nitrogens with one attached hydrogen (secondary N) is 1. The van der Waals surface area contributed by atoms with Crippen molar-refractivity contribution in [2.24, 2.45) is 0 Å². The van der Waals surface area contributed by atoms with Crippen molar-refractivity contribution in [2.45, 2.75) is 19.1 Å². The summed E-state index contributed by atoms with van der Waals surface area (Å²) in [6.45, 7) is 7.20. The van der Waals surface area contributed by atoms with Gasteiger partial charge in [0.1, 0.15) is 0 Å². The van der Waals surface area contributed by atoms with Crippen LogP contribution in [0.4, 0.5) is 0 Å². The molecule has 0 radical (unpaired) electrons. The largest absolute Gasteiger partial charge is 0.351 e. The Morgan fingerprint density at radius 3 is 2.43 bits per heavy atom. The summed E-state index contributed by atoms with van der Waals surface area (Å²) in [5.41, 5.74) is 0. The molecule has 0 amide bonds. The van der Waals surface area contributed by atoms with Gasteiger partial charge >= 0.3 is 0 Å². The second-order valence-electron chi connectivity index (χ2n) is 3.74. The Labute approximate surface area is 86.6 Å². The van der Waals surface area contributed by atoms with E-state index in [2.05, 4.69) is 17.1 Å². The first-order valence-corrected chi connectivity index (χ1v) is 5.29. The summed E-state index contributed by atoms with van der Waals surface area (Å²) in [6.07, 6.45) is 1.19. The lowest BCUT2D eigenvalue weighted by Crippen LogP contribution is -2.63. The molecule has 0 unspecified atom stereocenters. The van der Waals surface area contributed by atoms with E-state index in [-0.39, 0.29) is 5.79 Å². The fourth-order valence-electron chi connectivity index (χ4n) is 1.74. The number of ether oxygens (including phenoxy) is 2. The molecular formula is C10H22N2O2. The first kappa shape index (κ1) is 11.9. The Morgan fingerprint density at radius 1 is 1.29 bits per heavy atom. The van der Waals surface area contributed by atoms with E-state index >= 15 is 0 Å². The van der Waals surface area contributed by atoms with Crippen LogP contribution in [0.25, 0.3) is 0 Å². The summed E-state index contributed by atoms with van der Waals surface area (Å²) in [5, 5.41) is 3.31. The molecule has 0 aromatic heterocycles. The third kappa shape index (κ3) is 2.92. The normalized spacial score (nSPS) is 20.8. The number of hydrogen-bond acceptors (Lipinski definition) is 4. The molecule has 14 heavy (non-hydrogen) atoms. The minimum atomic E-state index is -0.321. The zero-order valence-corrected chi connectivity index (χ0v) is 9.51. The van der Waals surface area contributed by atoms with Crippen molar-refractivity contribution in [1.29, 1.82) is 0 Å². The minimum absolute atomic E-state index is 0.321. The maximum absolute atomic E-state index is 5.30. The zero-order valence-electron chi connectivity index (χ0n) is 9.51. The van der Waals surface area contributed by atoms with Crippen LogP contribution >= 0.6 is 0 Å². The molecule has 1 heterocycles. The lowest BCUT2D eigenvalue weighted by Gasteiger charge is -2.47. The SMILES string of the molecule is CCNCCCN1CC(OC)(OC)C1. The second-order valence-corrected chi connectivity index (χ2v) is 3.74. The van der Waals surface area contributed by atoms with Crippen LogP contribution in [0, 0.1) is 0 Å². The Morgan fingerprint density at radius 2 is 1.93 bits per heavy atom. The summed E-state index contributed by atoms with van der Waals surface area (Å²) in [5.74, 6) is -0.321. The molecule has 1 fully saturated rings. The van der Waals surface area contributed by atoms with E-state index in [0.717, 1.165) is 32.7 Å². The van der Waals surface area contributed by atoms with Crippen molar-refractivity contribution >= 4 is 0 Å². The first-order chi connectivity index (χ1) is 6.76. The summed E-state index contributed by atoms with van der Waals surface area (Å²) in [4.78, 5) is 2.35. The van der Waals surface area contributed by atoms with Gasteiger partial charge in [-0.2, -0.15) is 0 Å². The van der Waals surface area contributed by atoms with Crippen LogP contribution in [0.15, 0.2) is 0 Å². The topological polar surface area (TPSA) is 33.7 Å². The fourth-order valence-corrected chi connectivity index (χ4v) is 1.74. The van der Waals surface area contributed by atoms with E-state index in [9.17, 15) is 0 Å². The van der Waals surface area contributed by atoms with Crippen LogP contribution in [0.5, 0.6) is 0 Å². The summed E-state index contributed by atoms with van der Waals surface area (Å²) >= 11 is 0. The third-order valence-electron chi connectivity index (χ3n) is 2.75. The standard InChI is InChI=1S/C10H22N2O2/c1-4-11-6-5-7-12-8-10(9-12,13-2)14-3/h11H,4-9H2,1-3H3. The Hall–Kier alpha value is -0.160. The average Bonchev–Trinajstić information content (AvgIpc) is 2.16. The van der Waals surface area contributed by atoms with Crippen molar-refractivity contribution in [3.05, 3.63) is 0 Å². The quantitative estimate of drug-likeness (QED) is 0.475. The van der Waals surface area contributed by atoms with E-state index < -0.39 is 0 Å². The van der Waals surface area contributed by atoms with Gasteiger partial charge in [0.05, 0.1) is 13.1 Å². The van der Waals surface area contributed by atoms with Gasteiger partial charge in [-0.3, -0.25) is 4.90 Å². The highest BCUT2D eigenvalue weighted by Gasteiger charge is 2.43. The summed E-state index contributed by atoms with van der Waals surface area (Å²) in [6, 6.07) is 0. The van der Waals surface area contributed by atoms with Crippen LogP contribution in [0.3, 0.4) is 0 Å². The molecule has 0 atom stereocenters. The fraction of sp³-hybridized carbons (Fsp3) is 1.00. The molecule has 1 aliphatic heterocycles. The smallest absolute Gasteiger partial charge is 0.193 e. The van der Waals surface area contributed by atoms with Crippen molar-refractivity contribution in [1.82, 2.24) is 10.2 Å². The molecule has 4 nitrogen and oxygen atoms in total. The molecule has 1 aliphatic rings. The maximum atomic E-state index is 5.30. The molecule has 4 heteroatoms. The minimum Gasteiger partial charge on any atom is -0.351 e. The Bertz CT molecular complexity index is 152. The molecular weight excluding hydrogens is 180 g/mol. The summed E-state index contributed by atoms with van der Waals surface area (Å²) in [7, 11) is 3.42. The van der Waals surface area contributed by atoms with Crippen LogP contribution in [-0.4, -0.2) is 57.6 Å². The lowest BCUT2D eigenvalue weighted by atomic mass is 10.1. The van der Waals surface area contributed by atoms with Gasteiger partial charge in [-0.25, -0.2) is 0 Å². The van der Waals surface area contributed by atoms with Crippen molar-refractivity contribution in [2.75, 3.05) is 46.9 Å². The second kappa shape index (κ2) is 5.66. The number of nitrogens with zero attached hydrogens (tertiary/aromatic N) is 1. The number of rotatable bonds is 7. The molecule has 0 bridgehead atoms. The molecule has 1 N–H and O–H groups in total. The van der Waals surface area contributed by atoms with Gasteiger partial charge in [-0.05, 0) is 26.1 Å². The monoisotopic (exact) mass is 202 g/mol. The highest BCUT2D eigenvalue weighted by atomic mass is 16.7. The van der Waals surface area contributed by atoms with Gasteiger partial charge in [0.25, 0.3) is 0 Å². The van der Waals surface area contributed by atoms with Crippen LogP contribution < -0.4 is 5.32 Å². The third-order valence-corrected chi connectivity index (χ3v) is 2.75. The van der Waals surface area contributed by atoms with Crippen molar-refractivity contribution in [3.63, 3.8) is 0 Å². The zero-order chi connectivity index (χ0) is 10.4. The highest BCUT2D eigenvalue weighted by Crippen LogP contribution is 2.24. The highest BCUT2D eigenvalue weighted by molar-refractivity contribution is 4.88. The molecule has 0 aromatic rings. The molecule has 0 aromatic carbocycles. The molecule has 84 valence electrons. The van der Waals surface area contributed by atoms with Gasteiger partial charge in [-0.1, -0.05) is 6.92 Å². The Balaban J connectivity index is 2.03. The van der Waals surface area contributed by atoms with E-state index in [0.29, 0.717) is 0 Å². The molecule has 1 saturated heterocycles. The van der Waals surface area contributed by atoms with Crippen molar-refractivity contribution < 1.29 is 9.47 Å². The van der Waals surface area contributed by atoms with Gasteiger partial charge in [0.15, 0.2) is 5.79 Å². The first-order valence-electron chi connectivity index (χ1n) is 5.29.